The molecule has 0 bridgehead atoms. The highest BCUT2D eigenvalue weighted by Gasteiger charge is 2.41. The lowest BCUT2D eigenvalue weighted by molar-refractivity contribution is 0.0300. The molecule has 1 heterocycles. The predicted octanol–water partition coefficient (Wildman–Crippen LogP) is 1.89. The molecule has 0 aromatic carbocycles. The second-order valence-electron chi connectivity index (χ2n) is 8.14. The average molecular weight is 317 g/mol. The summed E-state index contributed by atoms with van der Waals surface area (Å²) in [7, 11) is -2.84. The van der Waals surface area contributed by atoms with Gasteiger partial charge in [-0.3, -0.25) is 4.90 Å². The third kappa shape index (κ3) is 3.99. The Bertz CT molecular complexity index is 455. The van der Waals surface area contributed by atoms with E-state index in [1.54, 1.807) is 0 Å². The predicted molar refractivity (Wildman–Crippen MR) is 88.0 cm³/mol. The Morgan fingerprint density at radius 2 is 1.90 bits per heavy atom. The quantitative estimate of drug-likeness (QED) is 0.845. The SMILES string of the molecule is CC1CS(=O)(=O)CCN1C1CC(C(C)(C)C)CCC1CN. The van der Waals surface area contributed by atoms with Gasteiger partial charge < -0.3 is 5.73 Å². The molecule has 2 aliphatic rings. The van der Waals surface area contributed by atoms with E-state index in [2.05, 4.69) is 32.6 Å². The van der Waals surface area contributed by atoms with Crippen molar-refractivity contribution in [2.24, 2.45) is 23.0 Å². The van der Waals surface area contributed by atoms with Crippen molar-refractivity contribution in [3.8, 4) is 0 Å². The summed E-state index contributed by atoms with van der Waals surface area (Å²) in [5.41, 5.74) is 6.33. The van der Waals surface area contributed by atoms with Crippen molar-refractivity contribution in [1.82, 2.24) is 4.90 Å². The molecule has 0 spiro atoms. The van der Waals surface area contributed by atoms with Crippen molar-refractivity contribution < 1.29 is 8.42 Å². The fraction of sp³-hybridized carbons (Fsp3) is 1.00. The third-order valence-electron chi connectivity index (χ3n) is 5.63. The lowest BCUT2D eigenvalue weighted by Crippen LogP contribution is -2.57. The van der Waals surface area contributed by atoms with Gasteiger partial charge in [0, 0.05) is 18.6 Å². The maximum absolute atomic E-state index is 11.8. The van der Waals surface area contributed by atoms with E-state index < -0.39 is 9.84 Å². The van der Waals surface area contributed by atoms with Crippen LogP contribution in [0, 0.1) is 17.3 Å². The minimum absolute atomic E-state index is 0.126. The van der Waals surface area contributed by atoms with Gasteiger partial charge in [-0.05, 0) is 50.0 Å². The highest BCUT2D eigenvalue weighted by Crippen LogP contribution is 2.42. The van der Waals surface area contributed by atoms with Crippen molar-refractivity contribution in [3.05, 3.63) is 0 Å². The third-order valence-corrected chi connectivity index (χ3v) is 7.43. The smallest absolute Gasteiger partial charge is 0.153 e. The topological polar surface area (TPSA) is 63.4 Å². The molecule has 4 unspecified atom stereocenters. The van der Waals surface area contributed by atoms with E-state index in [0.29, 0.717) is 41.3 Å². The summed E-state index contributed by atoms with van der Waals surface area (Å²) < 4.78 is 23.6. The average Bonchev–Trinajstić information content (AvgIpc) is 2.36. The maximum Gasteiger partial charge on any atom is 0.153 e. The Labute approximate surface area is 130 Å². The minimum atomic E-state index is -2.84. The van der Waals surface area contributed by atoms with E-state index >= 15 is 0 Å². The largest absolute Gasteiger partial charge is 0.330 e. The van der Waals surface area contributed by atoms with Crippen LogP contribution in [0.15, 0.2) is 0 Å². The van der Waals surface area contributed by atoms with Crippen molar-refractivity contribution in [2.45, 2.75) is 59.0 Å². The van der Waals surface area contributed by atoms with Gasteiger partial charge in [-0.1, -0.05) is 20.8 Å². The standard InChI is InChI=1S/C16H32N2O2S/c1-12-11-21(19,20)8-7-18(12)15-9-14(16(2,3)4)6-5-13(15)10-17/h12-15H,5-11,17H2,1-4H3. The molecule has 5 heteroatoms. The first-order chi connectivity index (χ1) is 9.64. The number of hydrogen-bond acceptors (Lipinski definition) is 4. The van der Waals surface area contributed by atoms with Crippen LogP contribution >= 0.6 is 0 Å². The summed E-state index contributed by atoms with van der Waals surface area (Å²) in [6.07, 6.45) is 3.59. The summed E-state index contributed by atoms with van der Waals surface area (Å²) in [6, 6.07) is 0.583. The van der Waals surface area contributed by atoms with Crippen LogP contribution in [0.2, 0.25) is 0 Å². The van der Waals surface area contributed by atoms with Gasteiger partial charge in [0.2, 0.25) is 0 Å². The van der Waals surface area contributed by atoms with Gasteiger partial charge >= 0.3 is 0 Å². The first-order valence-corrected chi connectivity index (χ1v) is 10.1. The maximum atomic E-state index is 11.8. The first-order valence-electron chi connectivity index (χ1n) is 8.30. The zero-order valence-electron chi connectivity index (χ0n) is 14.0. The van der Waals surface area contributed by atoms with Crippen LogP contribution < -0.4 is 5.73 Å². The van der Waals surface area contributed by atoms with E-state index in [1.807, 2.05) is 0 Å². The van der Waals surface area contributed by atoms with Crippen LogP contribution in [-0.4, -0.2) is 50.0 Å². The molecule has 21 heavy (non-hydrogen) atoms. The van der Waals surface area contributed by atoms with E-state index in [9.17, 15) is 8.42 Å². The Hall–Kier alpha value is -0.130. The summed E-state index contributed by atoms with van der Waals surface area (Å²) in [5, 5.41) is 0. The van der Waals surface area contributed by atoms with Crippen molar-refractivity contribution in [3.63, 3.8) is 0 Å². The van der Waals surface area contributed by atoms with E-state index in [0.717, 1.165) is 13.0 Å². The van der Waals surface area contributed by atoms with E-state index in [1.165, 1.54) is 12.8 Å². The molecule has 4 atom stereocenters. The number of hydrogen-bond donors (Lipinski definition) is 1. The Morgan fingerprint density at radius 1 is 1.24 bits per heavy atom. The molecule has 1 aliphatic carbocycles. The molecule has 2 N–H and O–H groups in total. The van der Waals surface area contributed by atoms with Crippen LogP contribution in [0.5, 0.6) is 0 Å². The zero-order chi connectivity index (χ0) is 15.8. The monoisotopic (exact) mass is 316 g/mol. The molecule has 2 rings (SSSR count). The van der Waals surface area contributed by atoms with Gasteiger partial charge in [-0.2, -0.15) is 0 Å². The number of sulfone groups is 1. The molecule has 0 aromatic heterocycles. The molecule has 2 fully saturated rings. The molecule has 1 saturated carbocycles. The van der Waals surface area contributed by atoms with Crippen molar-refractivity contribution in [1.29, 1.82) is 0 Å². The Balaban J connectivity index is 2.14. The van der Waals surface area contributed by atoms with Crippen LogP contribution in [0.1, 0.15) is 47.0 Å². The van der Waals surface area contributed by atoms with Crippen LogP contribution in [0.3, 0.4) is 0 Å². The van der Waals surface area contributed by atoms with Crippen molar-refractivity contribution in [2.75, 3.05) is 24.6 Å². The number of nitrogens with zero attached hydrogens (tertiary/aromatic N) is 1. The highest BCUT2D eigenvalue weighted by molar-refractivity contribution is 7.91. The van der Waals surface area contributed by atoms with Gasteiger partial charge in [-0.25, -0.2) is 8.42 Å². The van der Waals surface area contributed by atoms with Crippen LogP contribution in [0.25, 0.3) is 0 Å². The summed E-state index contributed by atoms with van der Waals surface area (Å²) in [4.78, 5) is 2.44. The van der Waals surface area contributed by atoms with Gasteiger partial charge in [0.15, 0.2) is 9.84 Å². The summed E-state index contributed by atoms with van der Waals surface area (Å²) in [5.74, 6) is 1.84. The van der Waals surface area contributed by atoms with Gasteiger partial charge in [0.25, 0.3) is 0 Å². The molecule has 4 nitrogen and oxygen atoms in total. The zero-order valence-corrected chi connectivity index (χ0v) is 14.8. The van der Waals surface area contributed by atoms with Crippen molar-refractivity contribution >= 4 is 9.84 Å². The summed E-state index contributed by atoms with van der Waals surface area (Å²) >= 11 is 0. The minimum Gasteiger partial charge on any atom is -0.330 e. The second-order valence-corrected chi connectivity index (χ2v) is 10.4. The van der Waals surface area contributed by atoms with E-state index in [-0.39, 0.29) is 6.04 Å². The molecular formula is C16H32N2O2S. The Kier molecular flexibility index (Phi) is 5.06. The fourth-order valence-corrected chi connectivity index (χ4v) is 5.76. The molecular weight excluding hydrogens is 284 g/mol. The molecule has 0 aromatic rings. The van der Waals surface area contributed by atoms with Gasteiger partial charge in [0.1, 0.15) is 0 Å². The second kappa shape index (κ2) is 6.17. The number of rotatable bonds is 2. The lowest BCUT2D eigenvalue weighted by atomic mass is 9.67. The Morgan fingerprint density at radius 3 is 2.43 bits per heavy atom. The number of nitrogens with two attached hydrogens (primary N) is 1. The molecule has 0 radical (unpaired) electrons. The van der Waals surface area contributed by atoms with E-state index in [4.69, 9.17) is 5.73 Å². The highest BCUT2D eigenvalue weighted by atomic mass is 32.2. The molecule has 124 valence electrons. The van der Waals surface area contributed by atoms with Crippen LogP contribution in [0.4, 0.5) is 0 Å². The van der Waals surface area contributed by atoms with Gasteiger partial charge in [0.05, 0.1) is 11.5 Å². The molecule has 1 saturated heterocycles. The normalized spacial score (nSPS) is 38.3. The van der Waals surface area contributed by atoms with Crippen LogP contribution in [-0.2, 0) is 9.84 Å². The molecule has 1 aliphatic heterocycles. The summed E-state index contributed by atoms with van der Waals surface area (Å²) in [6.45, 7) is 10.4. The molecule has 0 amide bonds. The van der Waals surface area contributed by atoms with Gasteiger partial charge in [-0.15, -0.1) is 0 Å². The fourth-order valence-electron chi connectivity index (χ4n) is 4.18. The first kappa shape index (κ1) is 17.2. The lowest BCUT2D eigenvalue weighted by Gasteiger charge is -2.49.